The van der Waals surface area contributed by atoms with Crippen LogP contribution in [-0.2, 0) is 0 Å². The average molecular weight is 282 g/mol. The highest BCUT2D eigenvalue weighted by Gasteiger charge is 2.22. The minimum absolute atomic E-state index is 0.0289. The van der Waals surface area contributed by atoms with Crippen LogP contribution in [-0.4, -0.2) is 46.1 Å². The molecule has 2 rings (SSSR count). The third-order valence-electron chi connectivity index (χ3n) is 3.79. The van der Waals surface area contributed by atoms with Crippen LogP contribution in [0.25, 0.3) is 0 Å². The van der Waals surface area contributed by atoms with Gasteiger partial charge in [-0.3, -0.25) is 4.79 Å². The molecule has 2 heterocycles. The summed E-state index contributed by atoms with van der Waals surface area (Å²) >= 11 is 1.17. The van der Waals surface area contributed by atoms with Crippen LogP contribution in [0.2, 0.25) is 0 Å². The highest BCUT2D eigenvalue weighted by Crippen LogP contribution is 2.18. The second-order valence-corrected chi connectivity index (χ2v) is 6.22. The first-order chi connectivity index (χ1) is 9.08. The van der Waals surface area contributed by atoms with Crippen molar-refractivity contribution in [3.8, 4) is 0 Å². The Morgan fingerprint density at radius 2 is 2.16 bits per heavy atom. The van der Waals surface area contributed by atoms with E-state index in [0.717, 1.165) is 25.3 Å². The van der Waals surface area contributed by atoms with Crippen molar-refractivity contribution in [2.45, 2.75) is 39.7 Å². The summed E-state index contributed by atoms with van der Waals surface area (Å²) in [7, 11) is 0. The van der Waals surface area contributed by atoms with E-state index in [4.69, 9.17) is 0 Å². The Labute approximate surface area is 118 Å². The Morgan fingerprint density at radius 1 is 1.47 bits per heavy atom. The van der Waals surface area contributed by atoms with Crippen LogP contribution in [0, 0.1) is 12.8 Å². The van der Waals surface area contributed by atoms with Gasteiger partial charge >= 0.3 is 0 Å². The maximum absolute atomic E-state index is 12.0. The first kappa shape index (κ1) is 14.4. The molecule has 1 aromatic heterocycles. The van der Waals surface area contributed by atoms with E-state index in [1.54, 1.807) is 0 Å². The highest BCUT2D eigenvalue weighted by atomic mass is 32.1. The molecule has 1 aliphatic rings. The number of carbonyl (C=O) groups is 1. The topological polar surface area (TPSA) is 58.1 Å². The van der Waals surface area contributed by atoms with Crippen molar-refractivity contribution in [3.63, 3.8) is 0 Å². The van der Waals surface area contributed by atoms with E-state index < -0.39 is 0 Å². The van der Waals surface area contributed by atoms with Gasteiger partial charge in [0, 0.05) is 12.6 Å². The van der Waals surface area contributed by atoms with Gasteiger partial charge in [0.2, 0.25) is 0 Å². The normalized spacial score (nSPS) is 17.9. The molecule has 0 radical (unpaired) electrons. The molecule has 0 atom stereocenters. The van der Waals surface area contributed by atoms with E-state index in [1.165, 1.54) is 24.4 Å². The molecule has 1 N–H and O–H groups in total. The molecule has 19 heavy (non-hydrogen) atoms. The third-order valence-corrected chi connectivity index (χ3v) is 4.62. The van der Waals surface area contributed by atoms with Gasteiger partial charge in [-0.05, 0) is 64.2 Å². The SMILES string of the molecule is Cc1nnsc1C(=O)NCC1CCN(C(C)C)CC1. The predicted octanol–water partition coefficient (Wildman–Crippen LogP) is 1.70. The van der Waals surface area contributed by atoms with E-state index >= 15 is 0 Å². The van der Waals surface area contributed by atoms with Crippen LogP contribution in [0.3, 0.4) is 0 Å². The molecule has 0 bridgehead atoms. The largest absolute Gasteiger partial charge is 0.351 e. The van der Waals surface area contributed by atoms with Gasteiger partial charge in [-0.2, -0.15) is 0 Å². The molecule has 0 aromatic carbocycles. The van der Waals surface area contributed by atoms with E-state index in [0.29, 0.717) is 16.8 Å². The maximum atomic E-state index is 12.0. The van der Waals surface area contributed by atoms with Gasteiger partial charge in [-0.1, -0.05) is 4.49 Å². The molecular formula is C13H22N4OS. The number of hydrogen-bond donors (Lipinski definition) is 1. The van der Waals surface area contributed by atoms with Crippen molar-refractivity contribution in [2.24, 2.45) is 5.92 Å². The van der Waals surface area contributed by atoms with Crippen molar-refractivity contribution < 1.29 is 4.79 Å². The van der Waals surface area contributed by atoms with Crippen LogP contribution < -0.4 is 5.32 Å². The molecule has 1 saturated heterocycles. The molecule has 1 amide bonds. The molecule has 0 saturated carbocycles. The van der Waals surface area contributed by atoms with Crippen LogP contribution in [0.15, 0.2) is 0 Å². The van der Waals surface area contributed by atoms with Gasteiger partial charge in [-0.25, -0.2) is 0 Å². The van der Waals surface area contributed by atoms with Gasteiger partial charge in [0.25, 0.3) is 5.91 Å². The Kier molecular flexibility index (Phi) is 4.87. The lowest BCUT2D eigenvalue weighted by Gasteiger charge is -2.34. The summed E-state index contributed by atoms with van der Waals surface area (Å²) in [5.41, 5.74) is 0.720. The van der Waals surface area contributed by atoms with Gasteiger partial charge < -0.3 is 10.2 Å². The lowest BCUT2D eigenvalue weighted by Crippen LogP contribution is -2.41. The number of aromatic nitrogens is 2. The van der Waals surface area contributed by atoms with Crippen LogP contribution in [0.4, 0.5) is 0 Å². The summed E-state index contributed by atoms with van der Waals surface area (Å²) in [6.07, 6.45) is 2.33. The number of carbonyl (C=O) groups excluding carboxylic acids is 1. The third kappa shape index (κ3) is 3.73. The Morgan fingerprint density at radius 3 is 2.68 bits per heavy atom. The van der Waals surface area contributed by atoms with Gasteiger partial charge in [0.15, 0.2) is 0 Å². The molecule has 1 aromatic rings. The van der Waals surface area contributed by atoms with Crippen molar-refractivity contribution in [3.05, 3.63) is 10.6 Å². The molecule has 0 aliphatic carbocycles. The molecule has 1 aliphatic heterocycles. The number of hydrogen-bond acceptors (Lipinski definition) is 5. The summed E-state index contributed by atoms with van der Waals surface area (Å²) in [6, 6.07) is 0.626. The van der Waals surface area contributed by atoms with Gasteiger partial charge in [-0.15, -0.1) is 5.10 Å². The number of nitrogens with zero attached hydrogens (tertiary/aromatic N) is 3. The molecule has 106 valence electrons. The number of amides is 1. The minimum atomic E-state index is -0.0289. The van der Waals surface area contributed by atoms with Crippen molar-refractivity contribution >= 4 is 17.4 Å². The second-order valence-electron chi connectivity index (χ2n) is 5.47. The fourth-order valence-corrected chi connectivity index (χ4v) is 3.00. The zero-order valence-electron chi connectivity index (χ0n) is 11.8. The monoisotopic (exact) mass is 282 g/mol. The molecule has 6 heteroatoms. The van der Waals surface area contributed by atoms with Crippen molar-refractivity contribution in [2.75, 3.05) is 19.6 Å². The first-order valence-corrected chi connectivity index (χ1v) is 7.66. The predicted molar refractivity (Wildman–Crippen MR) is 76.4 cm³/mol. The van der Waals surface area contributed by atoms with E-state index in [2.05, 4.69) is 33.7 Å². The Balaban J connectivity index is 1.75. The second kappa shape index (κ2) is 6.43. The molecule has 1 fully saturated rings. The number of likely N-dealkylation sites (tertiary alicyclic amines) is 1. The quantitative estimate of drug-likeness (QED) is 0.913. The number of aryl methyl sites for hydroxylation is 1. The molecule has 0 spiro atoms. The number of rotatable bonds is 4. The van der Waals surface area contributed by atoms with Crippen LogP contribution in [0.5, 0.6) is 0 Å². The van der Waals surface area contributed by atoms with E-state index in [-0.39, 0.29) is 5.91 Å². The summed E-state index contributed by atoms with van der Waals surface area (Å²) in [4.78, 5) is 15.1. The Bertz CT molecular complexity index is 424. The molecule has 0 unspecified atom stereocenters. The standard InChI is InChI=1S/C13H22N4OS/c1-9(2)17-6-4-11(5-7-17)8-14-13(18)12-10(3)15-16-19-12/h9,11H,4-8H2,1-3H3,(H,14,18). The Hall–Kier alpha value is -1.01. The van der Waals surface area contributed by atoms with Gasteiger partial charge in [0.05, 0.1) is 5.69 Å². The van der Waals surface area contributed by atoms with Gasteiger partial charge in [0.1, 0.15) is 4.88 Å². The van der Waals surface area contributed by atoms with E-state index in [9.17, 15) is 4.79 Å². The lowest BCUT2D eigenvalue weighted by molar-refractivity contribution is 0.0933. The fraction of sp³-hybridized carbons (Fsp3) is 0.769. The first-order valence-electron chi connectivity index (χ1n) is 6.89. The zero-order chi connectivity index (χ0) is 13.8. The van der Waals surface area contributed by atoms with Crippen LogP contribution >= 0.6 is 11.5 Å². The number of piperidine rings is 1. The smallest absolute Gasteiger partial charge is 0.264 e. The summed E-state index contributed by atoms with van der Waals surface area (Å²) in [5.74, 6) is 0.568. The van der Waals surface area contributed by atoms with E-state index in [1.807, 2.05) is 6.92 Å². The van der Waals surface area contributed by atoms with Crippen LogP contribution in [0.1, 0.15) is 42.1 Å². The molecular weight excluding hydrogens is 260 g/mol. The molecule has 5 nitrogen and oxygen atoms in total. The maximum Gasteiger partial charge on any atom is 0.264 e. The number of nitrogens with one attached hydrogen (secondary N) is 1. The minimum Gasteiger partial charge on any atom is -0.351 e. The van der Waals surface area contributed by atoms with Crippen molar-refractivity contribution in [1.82, 2.24) is 19.8 Å². The summed E-state index contributed by atoms with van der Waals surface area (Å²) in [5, 5.41) is 6.88. The lowest BCUT2D eigenvalue weighted by atomic mass is 9.96. The summed E-state index contributed by atoms with van der Waals surface area (Å²) < 4.78 is 3.79. The highest BCUT2D eigenvalue weighted by molar-refractivity contribution is 7.07. The summed E-state index contributed by atoms with van der Waals surface area (Å²) in [6.45, 7) is 9.34. The average Bonchev–Trinajstić information content (AvgIpc) is 2.83. The van der Waals surface area contributed by atoms with Crippen molar-refractivity contribution in [1.29, 1.82) is 0 Å². The fourth-order valence-electron chi connectivity index (χ4n) is 2.43. The zero-order valence-corrected chi connectivity index (χ0v) is 12.7.